The van der Waals surface area contributed by atoms with Crippen LogP contribution in [-0.4, -0.2) is 48.0 Å². The summed E-state index contributed by atoms with van der Waals surface area (Å²) >= 11 is 0. The number of amides is 5. The van der Waals surface area contributed by atoms with E-state index in [1.165, 1.54) is 11.9 Å². The van der Waals surface area contributed by atoms with Crippen LogP contribution in [0.5, 0.6) is 0 Å². The van der Waals surface area contributed by atoms with Gasteiger partial charge in [-0.3, -0.25) is 9.69 Å². The van der Waals surface area contributed by atoms with E-state index in [4.69, 9.17) is 0 Å². The number of imide groups is 1. The first-order valence-electron chi connectivity index (χ1n) is 9.04. The number of carbonyl (C=O) groups excluding carboxylic acids is 3. The van der Waals surface area contributed by atoms with Gasteiger partial charge in [0.15, 0.2) is 0 Å². The van der Waals surface area contributed by atoms with E-state index in [1.807, 2.05) is 0 Å². The van der Waals surface area contributed by atoms with E-state index in [1.54, 1.807) is 0 Å². The molecule has 2 spiro atoms. The molecule has 0 bridgehead atoms. The van der Waals surface area contributed by atoms with Crippen molar-refractivity contribution in [3.63, 3.8) is 0 Å². The third-order valence-electron chi connectivity index (χ3n) is 5.92. The molecule has 1 aliphatic heterocycles. The van der Waals surface area contributed by atoms with E-state index in [2.05, 4.69) is 22.9 Å². The number of unbranched alkanes of at least 4 members (excludes halogenated alkanes) is 1. The molecule has 134 valence electrons. The number of nitrogens with zero attached hydrogens (tertiary/aromatic N) is 1. The number of hydrogen-bond acceptors (Lipinski definition) is 3. The molecule has 0 radical (unpaired) electrons. The van der Waals surface area contributed by atoms with Gasteiger partial charge in [-0.2, -0.15) is 0 Å². The van der Waals surface area contributed by atoms with Crippen molar-refractivity contribution >= 4 is 18.0 Å². The van der Waals surface area contributed by atoms with E-state index in [9.17, 15) is 14.4 Å². The quantitative estimate of drug-likeness (QED) is 0.539. The molecule has 0 aromatic carbocycles. The predicted molar refractivity (Wildman–Crippen MR) is 89.4 cm³/mol. The van der Waals surface area contributed by atoms with Crippen molar-refractivity contribution in [3.8, 4) is 0 Å². The summed E-state index contributed by atoms with van der Waals surface area (Å²) in [5, 5.41) is 8.81. The lowest BCUT2D eigenvalue weighted by atomic mass is 9.51. The van der Waals surface area contributed by atoms with Crippen LogP contribution in [0.1, 0.15) is 58.3 Å². The van der Waals surface area contributed by atoms with Crippen molar-refractivity contribution in [2.45, 2.75) is 69.9 Å². The van der Waals surface area contributed by atoms with Gasteiger partial charge >= 0.3 is 12.1 Å². The first-order chi connectivity index (χ1) is 11.4. The summed E-state index contributed by atoms with van der Waals surface area (Å²) in [6.45, 7) is 2.82. The lowest BCUT2D eigenvalue weighted by Gasteiger charge is -2.55. The first-order valence-corrected chi connectivity index (χ1v) is 9.04. The van der Waals surface area contributed by atoms with Gasteiger partial charge in [0.1, 0.15) is 5.54 Å². The molecular formula is C17H28N4O3. The standard InChI is InChI=1S/C17H28N4O3/c1-3-4-9-18-14(23)19-12-5-7-16(8-6-12)10-17(11-16)13(22)21(2)15(24)20-17/h12H,3-11H2,1-2H3,(H,20,24)(H2,18,19,23). The van der Waals surface area contributed by atoms with Crippen LogP contribution in [0.4, 0.5) is 9.59 Å². The molecule has 5 amide bonds. The minimum atomic E-state index is -0.649. The number of rotatable bonds is 4. The van der Waals surface area contributed by atoms with Crippen LogP contribution in [0.15, 0.2) is 0 Å². The Balaban J connectivity index is 1.45. The smallest absolute Gasteiger partial charge is 0.324 e. The third-order valence-corrected chi connectivity index (χ3v) is 5.92. The molecule has 0 unspecified atom stereocenters. The van der Waals surface area contributed by atoms with E-state index < -0.39 is 5.54 Å². The van der Waals surface area contributed by atoms with Crippen molar-refractivity contribution in [3.05, 3.63) is 0 Å². The van der Waals surface area contributed by atoms with Crippen LogP contribution in [0.3, 0.4) is 0 Å². The fourth-order valence-electron chi connectivity index (χ4n) is 4.57. The molecule has 3 fully saturated rings. The molecule has 7 heteroatoms. The summed E-state index contributed by atoms with van der Waals surface area (Å²) < 4.78 is 0. The van der Waals surface area contributed by atoms with Gasteiger partial charge in [-0.1, -0.05) is 13.3 Å². The van der Waals surface area contributed by atoms with Crippen LogP contribution in [0.2, 0.25) is 0 Å². The molecule has 3 rings (SSSR count). The maximum Gasteiger partial charge on any atom is 0.324 e. The second-order valence-electron chi connectivity index (χ2n) is 7.76. The Hall–Kier alpha value is -1.79. The molecule has 0 aromatic rings. The van der Waals surface area contributed by atoms with E-state index in [-0.39, 0.29) is 29.4 Å². The van der Waals surface area contributed by atoms with Crippen LogP contribution in [-0.2, 0) is 4.79 Å². The Morgan fingerprint density at radius 3 is 2.50 bits per heavy atom. The second kappa shape index (κ2) is 6.26. The predicted octanol–water partition coefficient (Wildman–Crippen LogP) is 1.73. The number of urea groups is 2. The highest BCUT2D eigenvalue weighted by Gasteiger charge is 2.64. The van der Waals surface area contributed by atoms with Gasteiger partial charge < -0.3 is 16.0 Å². The average Bonchev–Trinajstić information content (AvgIpc) is 2.74. The Labute approximate surface area is 142 Å². The van der Waals surface area contributed by atoms with Gasteiger partial charge in [-0.15, -0.1) is 0 Å². The van der Waals surface area contributed by atoms with Gasteiger partial charge in [-0.25, -0.2) is 9.59 Å². The van der Waals surface area contributed by atoms with Gasteiger partial charge in [0.05, 0.1) is 0 Å². The normalized spacial score (nSPS) is 35.1. The van der Waals surface area contributed by atoms with E-state index >= 15 is 0 Å². The van der Waals surface area contributed by atoms with Crippen LogP contribution >= 0.6 is 0 Å². The molecule has 2 aliphatic carbocycles. The lowest BCUT2D eigenvalue weighted by Crippen LogP contribution is -2.63. The van der Waals surface area contributed by atoms with E-state index in [0.29, 0.717) is 0 Å². The van der Waals surface area contributed by atoms with Gasteiger partial charge in [-0.05, 0) is 50.4 Å². The summed E-state index contributed by atoms with van der Waals surface area (Å²) in [5.41, 5.74) is -0.491. The fraction of sp³-hybridized carbons (Fsp3) is 0.824. The molecule has 0 aromatic heterocycles. The summed E-state index contributed by atoms with van der Waals surface area (Å²) in [6, 6.07) is -0.145. The Morgan fingerprint density at radius 2 is 1.96 bits per heavy atom. The van der Waals surface area contributed by atoms with Crippen molar-refractivity contribution < 1.29 is 14.4 Å². The molecule has 0 atom stereocenters. The average molecular weight is 336 g/mol. The molecule has 24 heavy (non-hydrogen) atoms. The molecule has 1 heterocycles. The number of likely N-dealkylation sites (N-methyl/N-ethyl adjacent to an activating group) is 1. The van der Waals surface area contributed by atoms with Gasteiger partial charge in [0, 0.05) is 19.6 Å². The molecular weight excluding hydrogens is 308 g/mol. The zero-order valence-corrected chi connectivity index (χ0v) is 14.6. The Morgan fingerprint density at radius 1 is 1.29 bits per heavy atom. The first kappa shape index (κ1) is 17.0. The van der Waals surface area contributed by atoms with Crippen molar-refractivity contribution in [1.82, 2.24) is 20.9 Å². The maximum atomic E-state index is 12.3. The zero-order valence-electron chi connectivity index (χ0n) is 14.6. The SMILES string of the molecule is CCCCNC(=O)NC1CCC2(CC1)CC1(C2)NC(=O)N(C)C1=O. The van der Waals surface area contributed by atoms with Crippen LogP contribution < -0.4 is 16.0 Å². The van der Waals surface area contributed by atoms with Crippen molar-refractivity contribution in [1.29, 1.82) is 0 Å². The van der Waals surface area contributed by atoms with E-state index in [0.717, 1.165) is 57.9 Å². The summed E-state index contributed by atoms with van der Waals surface area (Å²) in [7, 11) is 1.54. The van der Waals surface area contributed by atoms with Gasteiger partial charge in [0.25, 0.3) is 5.91 Å². The van der Waals surface area contributed by atoms with Crippen LogP contribution in [0.25, 0.3) is 0 Å². The Bertz CT molecular complexity index is 532. The summed E-state index contributed by atoms with van der Waals surface area (Å²) in [5.74, 6) is -0.0892. The number of hydrogen-bond donors (Lipinski definition) is 3. The largest absolute Gasteiger partial charge is 0.338 e. The topological polar surface area (TPSA) is 90.5 Å². The monoisotopic (exact) mass is 336 g/mol. The second-order valence-corrected chi connectivity index (χ2v) is 7.76. The van der Waals surface area contributed by atoms with Crippen molar-refractivity contribution in [2.75, 3.05) is 13.6 Å². The fourth-order valence-corrected chi connectivity index (χ4v) is 4.57. The molecule has 3 N–H and O–H groups in total. The number of nitrogens with one attached hydrogen (secondary N) is 3. The minimum Gasteiger partial charge on any atom is -0.338 e. The summed E-state index contributed by atoms with van der Waals surface area (Å²) in [4.78, 5) is 37.0. The molecule has 2 saturated carbocycles. The minimum absolute atomic E-state index is 0.0747. The highest BCUT2D eigenvalue weighted by atomic mass is 16.2. The molecule has 1 saturated heterocycles. The summed E-state index contributed by atoms with van der Waals surface area (Å²) in [6.07, 6.45) is 7.43. The van der Waals surface area contributed by atoms with Crippen LogP contribution in [0, 0.1) is 5.41 Å². The molecule has 7 nitrogen and oxygen atoms in total. The number of carbonyl (C=O) groups is 3. The third kappa shape index (κ3) is 2.96. The Kier molecular flexibility index (Phi) is 4.44. The highest BCUT2D eigenvalue weighted by molar-refractivity contribution is 6.07. The lowest BCUT2D eigenvalue weighted by molar-refractivity contribution is -0.141. The molecule has 3 aliphatic rings. The van der Waals surface area contributed by atoms with Gasteiger partial charge in [0.2, 0.25) is 0 Å². The zero-order chi connectivity index (χ0) is 17.4. The maximum absolute atomic E-state index is 12.3. The highest BCUT2D eigenvalue weighted by Crippen LogP contribution is 2.58. The van der Waals surface area contributed by atoms with Crippen molar-refractivity contribution in [2.24, 2.45) is 5.41 Å².